The summed E-state index contributed by atoms with van der Waals surface area (Å²) < 4.78 is 10.7. The molecule has 166 valence electrons. The van der Waals surface area contributed by atoms with Crippen molar-refractivity contribution in [3.8, 4) is 11.5 Å². The maximum atomic E-state index is 12.8. The van der Waals surface area contributed by atoms with Crippen molar-refractivity contribution in [3.05, 3.63) is 77.0 Å². The normalized spacial score (nSPS) is 10.4. The highest BCUT2D eigenvalue weighted by Crippen LogP contribution is 2.30. The zero-order chi connectivity index (χ0) is 23.1. The molecule has 0 aliphatic heterocycles. The number of rotatable bonds is 7. The number of benzene rings is 2. The van der Waals surface area contributed by atoms with Gasteiger partial charge in [-0.2, -0.15) is 0 Å². The van der Waals surface area contributed by atoms with E-state index < -0.39 is 11.8 Å². The molecule has 0 saturated heterocycles. The standard InChI is InChI=1S/C24H25N3O4S/c1-5-31-20-11-9-17(14-21(20)30-4)22(28)26-27-23(29)19-7-6-12-25-24(19)32-18-10-8-15(2)16(3)13-18/h6-14H,5H2,1-4H3,(H,26,28)(H,27,29). The minimum Gasteiger partial charge on any atom is -0.493 e. The number of hydrogen-bond acceptors (Lipinski definition) is 6. The van der Waals surface area contributed by atoms with Gasteiger partial charge in [0, 0.05) is 16.7 Å². The fraction of sp³-hybridized carbons (Fsp3) is 0.208. The number of amides is 2. The van der Waals surface area contributed by atoms with Crippen molar-refractivity contribution in [2.45, 2.75) is 30.7 Å². The van der Waals surface area contributed by atoms with Gasteiger partial charge >= 0.3 is 0 Å². The Hall–Kier alpha value is -3.52. The van der Waals surface area contributed by atoms with Crippen molar-refractivity contribution in [3.63, 3.8) is 0 Å². The van der Waals surface area contributed by atoms with E-state index in [0.29, 0.717) is 34.3 Å². The lowest BCUT2D eigenvalue weighted by Gasteiger charge is -2.12. The molecule has 0 aliphatic rings. The monoisotopic (exact) mass is 451 g/mol. The van der Waals surface area contributed by atoms with Gasteiger partial charge in [-0.05, 0) is 74.4 Å². The second-order valence-corrected chi connectivity index (χ2v) is 7.97. The third kappa shape index (κ3) is 5.59. The lowest BCUT2D eigenvalue weighted by Crippen LogP contribution is -2.41. The highest BCUT2D eigenvalue weighted by atomic mass is 32.2. The Morgan fingerprint density at radius 1 is 0.969 bits per heavy atom. The van der Waals surface area contributed by atoms with Crippen molar-refractivity contribution >= 4 is 23.6 Å². The zero-order valence-electron chi connectivity index (χ0n) is 18.4. The number of hydrazine groups is 1. The number of aromatic nitrogens is 1. The van der Waals surface area contributed by atoms with Gasteiger partial charge in [0.25, 0.3) is 11.8 Å². The fourth-order valence-corrected chi connectivity index (χ4v) is 3.85. The maximum absolute atomic E-state index is 12.8. The largest absolute Gasteiger partial charge is 0.493 e. The van der Waals surface area contributed by atoms with Crippen LogP contribution in [0.2, 0.25) is 0 Å². The molecule has 1 heterocycles. The van der Waals surface area contributed by atoms with Gasteiger partial charge in [0.15, 0.2) is 11.5 Å². The van der Waals surface area contributed by atoms with Crippen LogP contribution in [0.15, 0.2) is 64.6 Å². The molecule has 0 bridgehead atoms. The van der Waals surface area contributed by atoms with Crippen molar-refractivity contribution in [1.29, 1.82) is 0 Å². The quantitative estimate of drug-likeness (QED) is 0.520. The topological polar surface area (TPSA) is 89.6 Å². The summed E-state index contributed by atoms with van der Waals surface area (Å²) in [6.07, 6.45) is 1.63. The van der Waals surface area contributed by atoms with Crippen LogP contribution in [0.5, 0.6) is 11.5 Å². The first-order valence-corrected chi connectivity index (χ1v) is 10.9. The molecule has 0 radical (unpaired) electrons. The molecule has 0 saturated carbocycles. The molecular formula is C24H25N3O4S. The van der Waals surface area contributed by atoms with Crippen molar-refractivity contribution in [2.75, 3.05) is 13.7 Å². The summed E-state index contributed by atoms with van der Waals surface area (Å²) in [4.78, 5) is 30.6. The first-order valence-electron chi connectivity index (χ1n) is 10.0. The molecule has 0 unspecified atom stereocenters. The Bertz CT molecular complexity index is 1130. The highest BCUT2D eigenvalue weighted by molar-refractivity contribution is 7.99. The molecule has 0 aliphatic carbocycles. The van der Waals surface area contributed by atoms with Crippen LogP contribution in [-0.2, 0) is 0 Å². The van der Waals surface area contributed by atoms with Gasteiger partial charge in [-0.15, -0.1) is 0 Å². The summed E-state index contributed by atoms with van der Waals surface area (Å²) in [5.41, 5.74) is 7.93. The van der Waals surface area contributed by atoms with E-state index in [1.807, 2.05) is 32.9 Å². The number of nitrogens with one attached hydrogen (secondary N) is 2. The van der Waals surface area contributed by atoms with E-state index >= 15 is 0 Å². The molecule has 2 N–H and O–H groups in total. The Kier molecular flexibility index (Phi) is 7.72. The third-order valence-corrected chi connectivity index (χ3v) is 5.73. The Morgan fingerprint density at radius 2 is 1.75 bits per heavy atom. The van der Waals surface area contributed by atoms with Gasteiger partial charge in [0.1, 0.15) is 5.03 Å². The van der Waals surface area contributed by atoms with Crippen LogP contribution in [0.4, 0.5) is 0 Å². The molecule has 7 nitrogen and oxygen atoms in total. The molecular weight excluding hydrogens is 426 g/mol. The lowest BCUT2D eigenvalue weighted by molar-refractivity contribution is 0.0844. The molecule has 0 spiro atoms. The smallest absolute Gasteiger partial charge is 0.272 e. The van der Waals surface area contributed by atoms with Gasteiger partial charge in [-0.1, -0.05) is 17.8 Å². The first kappa shape index (κ1) is 23.1. The number of carbonyl (C=O) groups is 2. The second-order valence-electron chi connectivity index (χ2n) is 6.91. The molecule has 3 rings (SSSR count). The molecule has 2 amide bonds. The van der Waals surface area contributed by atoms with Gasteiger partial charge in [0.2, 0.25) is 0 Å². The van der Waals surface area contributed by atoms with Crippen LogP contribution in [0.3, 0.4) is 0 Å². The third-order valence-electron chi connectivity index (χ3n) is 4.72. The summed E-state index contributed by atoms with van der Waals surface area (Å²) in [6, 6.07) is 14.2. The van der Waals surface area contributed by atoms with Crippen LogP contribution in [-0.4, -0.2) is 30.5 Å². The summed E-state index contributed by atoms with van der Waals surface area (Å²) in [5.74, 6) is 0.0340. The van der Waals surface area contributed by atoms with Gasteiger partial charge in [0.05, 0.1) is 19.3 Å². The second kappa shape index (κ2) is 10.7. The first-order chi connectivity index (χ1) is 15.4. The van der Waals surface area contributed by atoms with Crippen LogP contribution >= 0.6 is 11.8 Å². The average molecular weight is 452 g/mol. The van der Waals surface area contributed by atoms with E-state index in [2.05, 4.69) is 21.9 Å². The number of hydrogen-bond donors (Lipinski definition) is 2. The molecule has 2 aromatic carbocycles. The minimum atomic E-state index is -0.480. The van der Waals surface area contributed by atoms with Gasteiger partial charge in [-0.3, -0.25) is 20.4 Å². The van der Waals surface area contributed by atoms with Crippen molar-refractivity contribution in [2.24, 2.45) is 0 Å². The fourth-order valence-electron chi connectivity index (χ4n) is 2.87. The number of ether oxygens (including phenoxy) is 2. The van der Waals surface area contributed by atoms with Crippen LogP contribution in [0.25, 0.3) is 0 Å². The summed E-state index contributed by atoms with van der Waals surface area (Å²) in [5, 5.41) is 0.547. The Balaban J connectivity index is 1.70. The van der Waals surface area contributed by atoms with Gasteiger partial charge < -0.3 is 9.47 Å². The summed E-state index contributed by atoms with van der Waals surface area (Å²) >= 11 is 1.39. The lowest BCUT2D eigenvalue weighted by atomic mass is 10.1. The van der Waals surface area contributed by atoms with E-state index in [1.54, 1.807) is 36.5 Å². The number of methoxy groups -OCH3 is 1. The summed E-state index contributed by atoms with van der Waals surface area (Å²) in [6.45, 7) is 6.43. The predicted octanol–water partition coefficient (Wildman–Crippen LogP) is 4.33. The van der Waals surface area contributed by atoms with Crippen molar-refractivity contribution in [1.82, 2.24) is 15.8 Å². The van der Waals surface area contributed by atoms with E-state index in [1.165, 1.54) is 24.4 Å². The number of carbonyl (C=O) groups excluding carboxylic acids is 2. The molecule has 32 heavy (non-hydrogen) atoms. The number of nitrogens with zero attached hydrogens (tertiary/aromatic N) is 1. The van der Waals surface area contributed by atoms with E-state index in [9.17, 15) is 9.59 Å². The van der Waals surface area contributed by atoms with Crippen molar-refractivity contribution < 1.29 is 19.1 Å². The van der Waals surface area contributed by atoms with E-state index in [-0.39, 0.29) is 0 Å². The zero-order valence-corrected chi connectivity index (χ0v) is 19.2. The Labute approximate surface area is 191 Å². The molecule has 8 heteroatoms. The molecule has 1 aromatic heterocycles. The maximum Gasteiger partial charge on any atom is 0.272 e. The van der Waals surface area contributed by atoms with E-state index in [4.69, 9.17) is 9.47 Å². The Morgan fingerprint density at radius 3 is 2.47 bits per heavy atom. The molecule has 0 fully saturated rings. The van der Waals surface area contributed by atoms with Crippen LogP contribution < -0.4 is 20.3 Å². The SMILES string of the molecule is CCOc1ccc(C(=O)NNC(=O)c2cccnc2Sc2ccc(C)c(C)c2)cc1OC. The average Bonchev–Trinajstić information content (AvgIpc) is 2.80. The van der Waals surface area contributed by atoms with Crippen LogP contribution in [0, 0.1) is 13.8 Å². The van der Waals surface area contributed by atoms with Gasteiger partial charge in [-0.25, -0.2) is 4.98 Å². The summed E-state index contributed by atoms with van der Waals surface area (Å²) in [7, 11) is 1.50. The van der Waals surface area contributed by atoms with Crippen LogP contribution in [0.1, 0.15) is 38.8 Å². The number of aryl methyl sites for hydroxylation is 2. The number of pyridine rings is 1. The molecule has 0 atom stereocenters. The van der Waals surface area contributed by atoms with E-state index in [0.717, 1.165) is 10.5 Å². The molecule has 3 aromatic rings. The highest BCUT2D eigenvalue weighted by Gasteiger charge is 2.16. The predicted molar refractivity (Wildman–Crippen MR) is 123 cm³/mol. The minimum absolute atomic E-state index is 0.321.